The Kier molecular flexibility index (Phi) is 4.22. The van der Waals surface area contributed by atoms with E-state index in [4.69, 9.17) is 0 Å². The summed E-state index contributed by atoms with van der Waals surface area (Å²) in [7, 11) is 0. The highest BCUT2D eigenvalue weighted by Gasteiger charge is 2.26. The molecule has 0 amide bonds. The highest BCUT2D eigenvalue weighted by molar-refractivity contribution is 8.12. The molecule has 1 aliphatic heterocycles. The van der Waals surface area contributed by atoms with Gasteiger partial charge in [0, 0.05) is 15.4 Å². The Balaban J connectivity index is 1.93. The summed E-state index contributed by atoms with van der Waals surface area (Å²) in [6, 6.07) is 20.9. The van der Waals surface area contributed by atoms with Crippen molar-refractivity contribution in [1.29, 1.82) is 0 Å². The molecule has 2 aromatic rings. The largest absolute Gasteiger partial charge is 0.298 e. The molecule has 4 rings (SSSR count). The van der Waals surface area contributed by atoms with Crippen LogP contribution < -0.4 is 0 Å². The quantitative estimate of drug-likeness (QED) is 0.655. The average Bonchev–Trinajstić information content (AvgIpc) is 2.68. The number of benzene rings is 2. The van der Waals surface area contributed by atoms with E-state index < -0.39 is 0 Å². The van der Waals surface area contributed by atoms with Crippen LogP contribution in [0.3, 0.4) is 0 Å². The van der Waals surface area contributed by atoms with Gasteiger partial charge in [0.15, 0.2) is 0 Å². The Morgan fingerprint density at radius 1 is 0.833 bits per heavy atom. The summed E-state index contributed by atoms with van der Waals surface area (Å²) >= 11 is 1.75. The number of carbonyl (C=O) groups excluding carboxylic acids is 1. The van der Waals surface area contributed by atoms with Gasteiger partial charge in [0.05, 0.1) is 0 Å². The van der Waals surface area contributed by atoms with E-state index in [2.05, 4.69) is 54.6 Å². The Labute approximate surface area is 146 Å². The third kappa shape index (κ3) is 2.78. The summed E-state index contributed by atoms with van der Waals surface area (Å²) in [6.45, 7) is 0. The summed E-state index contributed by atoms with van der Waals surface area (Å²) in [6.07, 6.45) is 6.33. The molecule has 2 aromatic carbocycles. The molecule has 1 heterocycles. The van der Waals surface area contributed by atoms with E-state index >= 15 is 0 Å². The highest BCUT2D eigenvalue weighted by atomic mass is 32.2. The van der Waals surface area contributed by atoms with Crippen molar-refractivity contribution in [3.63, 3.8) is 0 Å². The molecular formula is C22H18OS. The van der Waals surface area contributed by atoms with Crippen LogP contribution in [-0.2, 0) is 4.79 Å². The van der Waals surface area contributed by atoms with Crippen molar-refractivity contribution < 1.29 is 4.79 Å². The van der Waals surface area contributed by atoms with Gasteiger partial charge in [0.2, 0.25) is 0 Å². The Hall–Kier alpha value is -2.32. The molecule has 0 spiro atoms. The van der Waals surface area contributed by atoms with Crippen LogP contribution in [0.4, 0.5) is 0 Å². The second kappa shape index (κ2) is 6.66. The Morgan fingerprint density at radius 2 is 1.50 bits per heavy atom. The van der Waals surface area contributed by atoms with E-state index in [-0.39, 0.29) is 0 Å². The predicted octanol–water partition coefficient (Wildman–Crippen LogP) is 5.87. The zero-order chi connectivity index (χ0) is 16.4. The Bertz CT molecular complexity index is 857. The van der Waals surface area contributed by atoms with Crippen molar-refractivity contribution in [2.24, 2.45) is 0 Å². The predicted molar refractivity (Wildman–Crippen MR) is 102 cm³/mol. The van der Waals surface area contributed by atoms with Crippen LogP contribution in [0.2, 0.25) is 0 Å². The zero-order valence-electron chi connectivity index (χ0n) is 13.4. The number of carbonyl (C=O) groups is 1. The van der Waals surface area contributed by atoms with E-state index in [0.29, 0.717) is 0 Å². The number of fused-ring (bicyclic) bond motifs is 1. The van der Waals surface area contributed by atoms with Crippen LogP contribution in [0.5, 0.6) is 0 Å². The molecule has 1 aliphatic carbocycles. The molecule has 0 saturated heterocycles. The van der Waals surface area contributed by atoms with Crippen molar-refractivity contribution in [3.8, 4) is 0 Å². The third-order valence-electron chi connectivity index (χ3n) is 4.54. The fourth-order valence-electron chi connectivity index (χ4n) is 3.35. The molecule has 24 heavy (non-hydrogen) atoms. The molecule has 0 bridgehead atoms. The molecule has 2 aliphatic rings. The minimum absolute atomic E-state index is 0.888. The highest BCUT2D eigenvalue weighted by Crippen LogP contribution is 2.50. The van der Waals surface area contributed by atoms with E-state index in [9.17, 15) is 4.79 Å². The maximum absolute atomic E-state index is 11.6. The number of aldehydes is 1. The van der Waals surface area contributed by atoms with Gasteiger partial charge in [0.25, 0.3) is 0 Å². The van der Waals surface area contributed by atoms with Crippen molar-refractivity contribution in [3.05, 3.63) is 93.9 Å². The summed E-state index contributed by atoms with van der Waals surface area (Å²) in [5, 5.41) is 0. The van der Waals surface area contributed by atoms with Gasteiger partial charge in [-0.2, -0.15) is 0 Å². The summed E-state index contributed by atoms with van der Waals surface area (Å²) in [4.78, 5) is 14.0. The number of hydrogen-bond acceptors (Lipinski definition) is 2. The molecule has 0 fully saturated rings. The van der Waals surface area contributed by atoms with Gasteiger partial charge < -0.3 is 0 Å². The van der Waals surface area contributed by atoms with Gasteiger partial charge in [-0.15, -0.1) is 0 Å². The van der Waals surface area contributed by atoms with Crippen molar-refractivity contribution >= 4 is 28.5 Å². The van der Waals surface area contributed by atoms with E-state index in [0.717, 1.165) is 31.1 Å². The van der Waals surface area contributed by atoms with Crippen LogP contribution in [0.1, 0.15) is 30.4 Å². The number of allylic oxidation sites excluding steroid dienone is 4. The molecule has 0 atom stereocenters. The topological polar surface area (TPSA) is 17.1 Å². The first-order valence-electron chi connectivity index (χ1n) is 8.29. The lowest BCUT2D eigenvalue weighted by molar-refractivity contribution is -0.105. The molecule has 0 unspecified atom stereocenters. The number of thioether (sulfide) groups is 1. The van der Waals surface area contributed by atoms with Gasteiger partial charge in [-0.25, -0.2) is 0 Å². The molecule has 0 N–H and O–H groups in total. The van der Waals surface area contributed by atoms with Crippen molar-refractivity contribution in [2.45, 2.75) is 19.3 Å². The first-order chi connectivity index (χ1) is 11.9. The van der Waals surface area contributed by atoms with Gasteiger partial charge in [-0.05, 0) is 47.6 Å². The molecule has 0 saturated carbocycles. The molecule has 118 valence electrons. The van der Waals surface area contributed by atoms with Gasteiger partial charge in [-0.3, -0.25) is 4.79 Å². The van der Waals surface area contributed by atoms with Gasteiger partial charge in [0.1, 0.15) is 6.29 Å². The zero-order valence-corrected chi connectivity index (χ0v) is 14.2. The van der Waals surface area contributed by atoms with Crippen LogP contribution in [0, 0.1) is 0 Å². The van der Waals surface area contributed by atoms with Crippen LogP contribution in [0.15, 0.2) is 82.8 Å². The minimum atomic E-state index is 0.888. The average molecular weight is 330 g/mol. The molecule has 2 heteroatoms. The van der Waals surface area contributed by atoms with Crippen molar-refractivity contribution in [1.82, 2.24) is 0 Å². The maximum atomic E-state index is 11.6. The van der Waals surface area contributed by atoms with Gasteiger partial charge >= 0.3 is 0 Å². The molecule has 0 radical (unpaired) electrons. The SMILES string of the molecule is O=CC1=C2SC(c3ccccc3)=CC(c3ccccc3)=C2CCC1. The number of hydrogen-bond donors (Lipinski definition) is 0. The van der Waals surface area contributed by atoms with Crippen LogP contribution in [-0.4, -0.2) is 6.29 Å². The summed E-state index contributed by atoms with van der Waals surface area (Å²) in [5.74, 6) is 0. The monoisotopic (exact) mass is 330 g/mol. The Morgan fingerprint density at radius 3 is 2.17 bits per heavy atom. The smallest absolute Gasteiger partial charge is 0.147 e. The van der Waals surface area contributed by atoms with Gasteiger partial charge in [-0.1, -0.05) is 72.4 Å². The van der Waals surface area contributed by atoms with Crippen LogP contribution in [0.25, 0.3) is 10.5 Å². The molecular weight excluding hydrogens is 312 g/mol. The lowest BCUT2D eigenvalue weighted by Gasteiger charge is -2.28. The number of rotatable bonds is 3. The van der Waals surface area contributed by atoms with Crippen molar-refractivity contribution in [2.75, 3.05) is 0 Å². The summed E-state index contributed by atoms with van der Waals surface area (Å²) < 4.78 is 0. The fourth-order valence-corrected chi connectivity index (χ4v) is 4.62. The van der Waals surface area contributed by atoms with E-state index in [1.807, 2.05) is 12.1 Å². The second-order valence-electron chi connectivity index (χ2n) is 6.06. The lowest BCUT2D eigenvalue weighted by Crippen LogP contribution is -2.07. The fraction of sp³-hybridized carbons (Fsp3) is 0.136. The molecule has 1 nitrogen and oxygen atoms in total. The first kappa shape index (κ1) is 15.2. The maximum Gasteiger partial charge on any atom is 0.147 e. The first-order valence-corrected chi connectivity index (χ1v) is 9.10. The standard InChI is InChI=1S/C22H18OS/c23-15-18-12-7-13-19-20(16-8-3-1-4-9-16)14-21(24-22(18)19)17-10-5-2-6-11-17/h1-6,8-11,14-15H,7,12-13H2. The van der Waals surface area contributed by atoms with E-state index in [1.54, 1.807) is 11.8 Å². The minimum Gasteiger partial charge on any atom is -0.298 e. The molecule has 0 aromatic heterocycles. The lowest BCUT2D eigenvalue weighted by atomic mass is 9.88. The van der Waals surface area contributed by atoms with E-state index in [1.165, 1.54) is 32.1 Å². The summed E-state index contributed by atoms with van der Waals surface area (Å²) in [5.41, 5.74) is 5.99. The second-order valence-corrected chi connectivity index (χ2v) is 7.11. The van der Waals surface area contributed by atoms with Crippen LogP contribution >= 0.6 is 11.8 Å². The normalized spacial score (nSPS) is 17.4. The third-order valence-corrected chi connectivity index (χ3v) is 5.82.